The van der Waals surface area contributed by atoms with Crippen molar-refractivity contribution in [3.8, 4) is 0 Å². The molecule has 7 nitrogen and oxygen atoms in total. The van der Waals surface area contributed by atoms with Gasteiger partial charge >= 0.3 is 0 Å². The molecule has 0 saturated carbocycles. The third-order valence-corrected chi connectivity index (χ3v) is 4.27. The molecule has 0 aliphatic rings. The second kappa shape index (κ2) is 8.49. The second-order valence-electron chi connectivity index (χ2n) is 6.02. The fourth-order valence-corrected chi connectivity index (χ4v) is 2.62. The van der Waals surface area contributed by atoms with Gasteiger partial charge in [-0.2, -0.15) is 0 Å². The molecule has 3 aromatic rings. The van der Waals surface area contributed by atoms with E-state index in [1.165, 1.54) is 19.2 Å². The van der Waals surface area contributed by atoms with Crippen molar-refractivity contribution >= 4 is 46.4 Å². The Kier molecular flexibility index (Phi) is 5.86. The zero-order valence-corrected chi connectivity index (χ0v) is 16.0. The summed E-state index contributed by atoms with van der Waals surface area (Å²) in [6.45, 7) is 3.31. The maximum atomic E-state index is 12.5. The fourth-order valence-electron chi connectivity index (χ4n) is 2.44. The van der Waals surface area contributed by atoms with Crippen molar-refractivity contribution in [2.45, 2.75) is 13.8 Å². The Bertz CT molecular complexity index is 1020. The molecule has 0 bridgehead atoms. The molecule has 0 radical (unpaired) electrons. The van der Waals surface area contributed by atoms with E-state index in [0.717, 1.165) is 11.3 Å². The number of aromatic nitrogens is 2. The predicted molar refractivity (Wildman–Crippen MR) is 110 cm³/mol. The van der Waals surface area contributed by atoms with E-state index in [9.17, 15) is 9.59 Å². The van der Waals surface area contributed by atoms with Crippen LogP contribution < -0.4 is 16.0 Å². The highest BCUT2D eigenvalue weighted by molar-refractivity contribution is 6.31. The number of halogens is 1. The number of hydrogen-bond acceptors (Lipinski definition) is 5. The van der Waals surface area contributed by atoms with E-state index in [1.807, 2.05) is 19.1 Å². The Morgan fingerprint density at radius 2 is 1.64 bits per heavy atom. The summed E-state index contributed by atoms with van der Waals surface area (Å²) in [6.07, 6.45) is 1.50. The van der Waals surface area contributed by atoms with Gasteiger partial charge in [-0.15, -0.1) is 0 Å². The van der Waals surface area contributed by atoms with Gasteiger partial charge in [0.05, 0.1) is 0 Å². The van der Waals surface area contributed by atoms with Gasteiger partial charge in [0.2, 0.25) is 11.9 Å². The lowest BCUT2D eigenvalue weighted by Gasteiger charge is -2.10. The normalized spacial score (nSPS) is 10.2. The molecule has 0 saturated heterocycles. The molecular weight excluding hydrogens is 378 g/mol. The summed E-state index contributed by atoms with van der Waals surface area (Å²) < 4.78 is 0. The second-order valence-corrected chi connectivity index (χ2v) is 6.42. The van der Waals surface area contributed by atoms with Gasteiger partial charge in [-0.1, -0.05) is 17.7 Å². The minimum Gasteiger partial charge on any atom is -0.326 e. The van der Waals surface area contributed by atoms with Crippen LogP contribution >= 0.6 is 11.6 Å². The largest absolute Gasteiger partial charge is 0.326 e. The van der Waals surface area contributed by atoms with E-state index in [4.69, 9.17) is 11.6 Å². The van der Waals surface area contributed by atoms with E-state index in [0.29, 0.717) is 22.3 Å². The molecule has 28 heavy (non-hydrogen) atoms. The molecule has 1 heterocycles. The molecule has 1 aromatic heterocycles. The average Bonchev–Trinajstić information content (AvgIpc) is 2.67. The minimum atomic E-state index is -0.374. The van der Waals surface area contributed by atoms with Crippen molar-refractivity contribution in [3.63, 3.8) is 0 Å². The molecule has 2 amide bonds. The molecule has 3 N–H and O–H groups in total. The van der Waals surface area contributed by atoms with Crippen LogP contribution in [-0.2, 0) is 4.79 Å². The standard InChI is InChI=1S/C20H18ClN5O2/c1-12-16(21)4-3-5-17(12)25-20-22-11-10-18(26-20)19(28)24-15-8-6-14(7-9-15)23-13(2)27/h3-11H,1-2H3,(H,23,27)(H,24,28)(H,22,25,26). The molecule has 0 atom stereocenters. The number of amides is 2. The van der Waals surface area contributed by atoms with Crippen molar-refractivity contribution in [2.24, 2.45) is 0 Å². The number of anilines is 4. The summed E-state index contributed by atoms with van der Waals surface area (Å²) >= 11 is 6.12. The van der Waals surface area contributed by atoms with Crippen LogP contribution in [0.3, 0.4) is 0 Å². The number of nitrogens with one attached hydrogen (secondary N) is 3. The molecule has 0 aliphatic heterocycles. The van der Waals surface area contributed by atoms with Crippen LogP contribution in [0.2, 0.25) is 5.02 Å². The smallest absolute Gasteiger partial charge is 0.274 e. The molecule has 8 heteroatoms. The average molecular weight is 396 g/mol. The van der Waals surface area contributed by atoms with Crippen molar-refractivity contribution < 1.29 is 9.59 Å². The molecular formula is C20H18ClN5O2. The molecule has 2 aromatic carbocycles. The van der Waals surface area contributed by atoms with Crippen molar-refractivity contribution in [1.82, 2.24) is 9.97 Å². The van der Waals surface area contributed by atoms with Crippen molar-refractivity contribution in [1.29, 1.82) is 0 Å². The van der Waals surface area contributed by atoms with E-state index in [1.54, 1.807) is 30.3 Å². The summed E-state index contributed by atoms with van der Waals surface area (Å²) in [4.78, 5) is 31.9. The number of hydrogen-bond donors (Lipinski definition) is 3. The molecule has 0 fully saturated rings. The van der Waals surface area contributed by atoms with Gasteiger partial charge in [-0.05, 0) is 55.0 Å². The first-order valence-electron chi connectivity index (χ1n) is 8.46. The monoisotopic (exact) mass is 395 g/mol. The molecule has 0 aliphatic carbocycles. The van der Waals surface area contributed by atoms with Gasteiger partial charge < -0.3 is 16.0 Å². The maximum Gasteiger partial charge on any atom is 0.274 e. The van der Waals surface area contributed by atoms with Gasteiger partial charge in [-0.3, -0.25) is 9.59 Å². The lowest BCUT2D eigenvalue weighted by molar-refractivity contribution is -0.114. The lowest BCUT2D eigenvalue weighted by atomic mass is 10.2. The lowest BCUT2D eigenvalue weighted by Crippen LogP contribution is -2.15. The van der Waals surface area contributed by atoms with Crippen LogP contribution in [0.25, 0.3) is 0 Å². The Balaban J connectivity index is 1.71. The van der Waals surface area contributed by atoms with Gasteiger partial charge in [0, 0.05) is 35.2 Å². The Hall–Kier alpha value is -3.45. The van der Waals surface area contributed by atoms with E-state index in [-0.39, 0.29) is 17.5 Å². The Morgan fingerprint density at radius 1 is 0.964 bits per heavy atom. The van der Waals surface area contributed by atoms with Crippen LogP contribution in [0, 0.1) is 6.92 Å². The van der Waals surface area contributed by atoms with Gasteiger partial charge in [0.15, 0.2) is 0 Å². The van der Waals surface area contributed by atoms with Crippen molar-refractivity contribution in [2.75, 3.05) is 16.0 Å². The maximum absolute atomic E-state index is 12.5. The summed E-state index contributed by atoms with van der Waals surface area (Å²) in [6, 6.07) is 13.8. The SMILES string of the molecule is CC(=O)Nc1ccc(NC(=O)c2ccnc(Nc3cccc(Cl)c3C)n2)cc1. The molecule has 0 spiro atoms. The predicted octanol–water partition coefficient (Wildman–Crippen LogP) is 4.39. The molecule has 0 unspecified atom stereocenters. The third-order valence-electron chi connectivity index (χ3n) is 3.87. The first-order valence-corrected chi connectivity index (χ1v) is 8.84. The summed E-state index contributed by atoms with van der Waals surface area (Å²) in [5.74, 6) is -0.243. The van der Waals surface area contributed by atoms with Crippen LogP contribution in [-0.4, -0.2) is 21.8 Å². The minimum absolute atomic E-state index is 0.159. The zero-order valence-electron chi connectivity index (χ0n) is 15.3. The highest BCUT2D eigenvalue weighted by Crippen LogP contribution is 2.25. The first-order chi connectivity index (χ1) is 13.4. The van der Waals surface area contributed by atoms with Gasteiger partial charge in [0.1, 0.15) is 5.69 Å². The highest BCUT2D eigenvalue weighted by atomic mass is 35.5. The van der Waals surface area contributed by atoms with E-state index in [2.05, 4.69) is 25.9 Å². The number of benzene rings is 2. The van der Waals surface area contributed by atoms with Crippen LogP contribution in [0.15, 0.2) is 54.7 Å². The number of carbonyl (C=O) groups excluding carboxylic acids is 2. The van der Waals surface area contributed by atoms with Gasteiger partial charge in [0.25, 0.3) is 5.91 Å². The number of carbonyl (C=O) groups is 2. The Labute approximate surface area is 167 Å². The number of rotatable bonds is 5. The number of nitrogens with zero attached hydrogens (tertiary/aromatic N) is 2. The summed E-state index contributed by atoms with van der Waals surface area (Å²) in [7, 11) is 0. The molecule has 142 valence electrons. The summed E-state index contributed by atoms with van der Waals surface area (Å²) in [5, 5.41) is 9.12. The van der Waals surface area contributed by atoms with E-state index < -0.39 is 0 Å². The quantitative estimate of drug-likeness (QED) is 0.595. The highest BCUT2D eigenvalue weighted by Gasteiger charge is 2.11. The Morgan fingerprint density at radius 3 is 2.32 bits per heavy atom. The first kappa shape index (κ1) is 19.3. The van der Waals surface area contributed by atoms with E-state index >= 15 is 0 Å². The van der Waals surface area contributed by atoms with Crippen LogP contribution in [0.4, 0.5) is 23.0 Å². The van der Waals surface area contributed by atoms with Crippen molar-refractivity contribution in [3.05, 3.63) is 71.0 Å². The third kappa shape index (κ3) is 4.83. The summed E-state index contributed by atoms with van der Waals surface area (Å²) in [5.41, 5.74) is 3.07. The molecule has 3 rings (SSSR count). The fraction of sp³-hybridized carbons (Fsp3) is 0.100. The van der Waals surface area contributed by atoms with Gasteiger partial charge in [-0.25, -0.2) is 9.97 Å². The topological polar surface area (TPSA) is 96.0 Å². The zero-order chi connectivity index (χ0) is 20.1. The van der Waals surface area contributed by atoms with Crippen LogP contribution in [0.5, 0.6) is 0 Å². The van der Waals surface area contributed by atoms with Crippen LogP contribution in [0.1, 0.15) is 23.0 Å².